The predicted octanol–water partition coefficient (Wildman–Crippen LogP) is 7.78. The number of fused-ring (bicyclic) bond motifs is 2. The molecule has 3 aliphatic rings. The molecule has 7 nitrogen and oxygen atoms in total. The normalized spacial score (nSPS) is 18.5. The van der Waals surface area contributed by atoms with Crippen molar-refractivity contribution >= 4 is 17.0 Å². The van der Waals surface area contributed by atoms with Crippen LogP contribution in [0.15, 0.2) is 54.6 Å². The summed E-state index contributed by atoms with van der Waals surface area (Å²) in [7, 11) is 0. The van der Waals surface area contributed by atoms with Crippen molar-refractivity contribution in [2.75, 3.05) is 6.61 Å². The van der Waals surface area contributed by atoms with Gasteiger partial charge in [0.05, 0.1) is 35.5 Å². The molecule has 14 heteroatoms. The fourth-order valence-electron chi connectivity index (χ4n) is 6.38. The van der Waals surface area contributed by atoms with Crippen LogP contribution in [-0.4, -0.2) is 37.8 Å². The number of pyridine rings is 1. The van der Waals surface area contributed by atoms with E-state index in [0.29, 0.717) is 18.6 Å². The van der Waals surface area contributed by atoms with Gasteiger partial charge in [-0.1, -0.05) is 12.1 Å². The van der Waals surface area contributed by atoms with Crippen LogP contribution in [-0.2, 0) is 24.3 Å². The van der Waals surface area contributed by atoms with Crippen LogP contribution in [0.5, 0.6) is 5.88 Å². The van der Waals surface area contributed by atoms with Crippen LogP contribution < -0.4 is 4.74 Å². The van der Waals surface area contributed by atoms with Gasteiger partial charge in [-0.2, -0.15) is 0 Å². The monoisotopic (exact) mass is 671 g/mol. The molecule has 0 spiro atoms. The second kappa shape index (κ2) is 11.9. The summed E-state index contributed by atoms with van der Waals surface area (Å²) in [6.45, 7) is 0.192. The van der Waals surface area contributed by atoms with E-state index in [4.69, 9.17) is 9.47 Å². The third-order valence-corrected chi connectivity index (χ3v) is 8.79. The van der Waals surface area contributed by atoms with Crippen LogP contribution in [0, 0.1) is 35.0 Å². The molecule has 4 heterocycles. The lowest BCUT2D eigenvalue weighted by Gasteiger charge is -2.36. The lowest BCUT2D eigenvalue weighted by Crippen LogP contribution is -2.41. The maximum absolute atomic E-state index is 15.6. The molecule has 48 heavy (non-hydrogen) atoms. The molecule has 0 radical (unpaired) electrons. The Labute approximate surface area is 267 Å². The molecule has 248 valence electrons. The largest absolute Gasteiger partial charge is 0.478 e. The number of alkyl halides is 2. The highest BCUT2D eigenvalue weighted by Gasteiger charge is 2.52. The van der Waals surface area contributed by atoms with E-state index in [-0.39, 0.29) is 57.8 Å². The van der Waals surface area contributed by atoms with Gasteiger partial charge in [-0.15, -0.1) is 0 Å². The predicted molar refractivity (Wildman–Crippen MR) is 156 cm³/mol. The topological polar surface area (TPSA) is 86.5 Å². The highest BCUT2D eigenvalue weighted by atomic mass is 19.3. The quantitative estimate of drug-likeness (QED) is 0.153. The lowest BCUT2D eigenvalue weighted by atomic mass is 9.74. The molecular formula is C34H24F7N3O4. The number of nitrogens with zero attached hydrogens (tertiary/aromatic N) is 3. The Morgan fingerprint density at radius 2 is 1.69 bits per heavy atom. The van der Waals surface area contributed by atoms with Crippen molar-refractivity contribution in [3.63, 3.8) is 0 Å². The fourth-order valence-corrected chi connectivity index (χ4v) is 6.38. The third kappa shape index (κ3) is 5.74. The van der Waals surface area contributed by atoms with Crippen molar-refractivity contribution in [1.82, 2.24) is 14.5 Å². The van der Waals surface area contributed by atoms with Crippen molar-refractivity contribution < 1.29 is 50.1 Å². The van der Waals surface area contributed by atoms with Gasteiger partial charge in [-0.05, 0) is 66.8 Å². The molecule has 2 aromatic heterocycles. The molecule has 2 bridgehead atoms. The first kappa shape index (κ1) is 31.6. The Morgan fingerprint density at radius 3 is 2.38 bits per heavy atom. The zero-order valence-electron chi connectivity index (χ0n) is 24.8. The summed E-state index contributed by atoms with van der Waals surface area (Å²) in [6.07, 6.45) is -1.68. The Morgan fingerprint density at radius 1 is 0.917 bits per heavy atom. The molecule has 1 N–H and O–H groups in total. The van der Waals surface area contributed by atoms with Crippen LogP contribution in [0.4, 0.5) is 30.7 Å². The van der Waals surface area contributed by atoms with Crippen molar-refractivity contribution in [2.45, 2.75) is 44.4 Å². The van der Waals surface area contributed by atoms with E-state index in [0.717, 1.165) is 55.3 Å². The molecule has 1 saturated carbocycles. The first-order chi connectivity index (χ1) is 22.9. The van der Waals surface area contributed by atoms with Gasteiger partial charge in [-0.25, -0.2) is 45.5 Å². The fraction of sp³-hybridized carbons (Fsp3) is 0.265. The second-order valence-corrected chi connectivity index (χ2v) is 12.0. The molecule has 3 aromatic carbocycles. The average Bonchev–Trinajstić information content (AvgIpc) is 3.73. The van der Waals surface area contributed by atoms with Gasteiger partial charge >= 0.3 is 5.97 Å². The summed E-state index contributed by atoms with van der Waals surface area (Å²) in [5.41, 5.74) is -2.20. The van der Waals surface area contributed by atoms with E-state index in [1.54, 1.807) is 4.57 Å². The summed E-state index contributed by atoms with van der Waals surface area (Å²) in [5.74, 6) is -6.13. The Hall–Kier alpha value is -4.98. The highest BCUT2D eigenvalue weighted by Crippen LogP contribution is 2.50. The number of benzene rings is 3. The van der Waals surface area contributed by atoms with E-state index >= 15 is 13.2 Å². The average molecular weight is 672 g/mol. The molecule has 0 atom stereocenters. The molecule has 1 aliphatic carbocycles. The summed E-state index contributed by atoms with van der Waals surface area (Å²) in [6, 6.07) is 8.56. The number of carbonyl (C=O) groups is 1. The van der Waals surface area contributed by atoms with Gasteiger partial charge in [0, 0.05) is 23.1 Å². The van der Waals surface area contributed by atoms with Crippen LogP contribution in [0.2, 0.25) is 0 Å². The van der Waals surface area contributed by atoms with Crippen molar-refractivity contribution in [3.8, 4) is 17.1 Å². The minimum Gasteiger partial charge on any atom is -0.478 e. The Bertz CT molecular complexity index is 2090. The standard InChI is InChI=1S/C34H24F7N3O4/c35-22-3-4-27(42-32(22)47-14-18-2-1-17(31(40)41)5-23(18)36)21-10-24(37)19(6-25(21)38)9-29-43-30-26(39)7-20(33(45)46)8-28(30)44(29)15-34-11-16(12-34)13-48-34/h1-8,10,16,31H,9,11-15H2,(H,45,46). The SMILES string of the molecule is O=C(O)c1cc(F)c2nc(Cc3cc(F)c(-c4ccc(F)c(OCc5ccc(C(F)F)cc5F)n4)cc3F)n(CC34CC(CO3)C4)c2c1. The van der Waals surface area contributed by atoms with E-state index in [1.165, 1.54) is 6.07 Å². The van der Waals surface area contributed by atoms with Gasteiger partial charge in [0.15, 0.2) is 11.6 Å². The number of halogens is 7. The van der Waals surface area contributed by atoms with Gasteiger partial charge in [-0.3, -0.25) is 0 Å². The van der Waals surface area contributed by atoms with Crippen molar-refractivity contribution in [2.24, 2.45) is 5.92 Å². The number of hydrogen-bond acceptors (Lipinski definition) is 5. The number of carboxylic acids is 1. The maximum Gasteiger partial charge on any atom is 0.335 e. The summed E-state index contributed by atoms with van der Waals surface area (Å²) in [5, 5.41) is 9.50. The minimum absolute atomic E-state index is 0.120. The van der Waals surface area contributed by atoms with Crippen molar-refractivity contribution in [1.29, 1.82) is 0 Å². The van der Waals surface area contributed by atoms with E-state index in [2.05, 4.69) is 9.97 Å². The molecule has 8 rings (SSSR count). The summed E-state index contributed by atoms with van der Waals surface area (Å²) in [4.78, 5) is 19.9. The van der Waals surface area contributed by atoms with Gasteiger partial charge in [0.25, 0.3) is 12.3 Å². The molecule has 3 fully saturated rings. The zero-order chi connectivity index (χ0) is 33.9. The first-order valence-corrected chi connectivity index (χ1v) is 14.8. The Kier molecular flexibility index (Phi) is 7.85. The zero-order valence-corrected chi connectivity index (χ0v) is 24.8. The lowest BCUT2D eigenvalue weighted by molar-refractivity contribution is -0.0132. The number of hydrogen-bond donors (Lipinski definition) is 1. The van der Waals surface area contributed by atoms with E-state index in [9.17, 15) is 27.5 Å². The number of rotatable bonds is 10. The van der Waals surface area contributed by atoms with Crippen LogP contribution in [0.25, 0.3) is 22.3 Å². The van der Waals surface area contributed by atoms with Gasteiger partial charge in [0.2, 0.25) is 0 Å². The highest BCUT2D eigenvalue weighted by molar-refractivity contribution is 5.92. The van der Waals surface area contributed by atoms with Gasteiger partial charge < -0.3 is 19.1 Å². The van der Waals surface area contributed by atoms with Crippen LogP contribution in [0.1, 0.15) is 52.1 Å². The molecule has 0 unspecified atom stereocenters. The summed E-state index contributed by atoms with van der Waals surface area (Å²) < 4.78 is 113. The molecule has 2 aliphatic heterocycles. The summed E-state index contributed by atoms with van der Waals surface area (Å²) >= 11 is 0. The molecule has 5 aromatic rings. The van der Waals surface area contributed by atoms with E-state index < -0.39 is 65.1 Å². The van der Waals surface area contributed by atoms with Crippen LogP contribution >= 0.6 is 0 Å². The van der Waals surface area contributed by atoms with Gasteiger partial charge in [0.1, 0.15) is 35.4 Å². The van der Waals surface area contributed by atoms with Crippen LogP contribution in [0.3, 0.4) is 0 Å². The smallest absolute Gasteiger partial charge is 0.335 e. The van der Waals surface area contributed by atoms with E-state index in [1.807, 2.05) is 0 Å². The maximum atomic E-state index is 15.6. The number of carboxylic acid groups (broad SMARTS) is 1. The molecule has 2 saturated heterocycles. The molecule has 0 amide bonds. The minimum atomic E-state index is -2.89. The number of aromatic carboxylic acids is 1. The molecular weight excluding hydrogens is 647 g/mol. The number of aromatic nitrogens is 3. The number of imidazole rings is 1. The third-order valence-electron chi connectivity index (χ3n) is 8.79. The second-order valence-electron chi connectivity index (χ2n) is 12.0. The number of ether oxygens (including phenoxy) is 2. The Balaban J connectivity index is 1.18. The van der Waals surface area contributed by atoms with Crippen molar-refractivity contribution in [3.05, 3.63) is 112 Å². The first-order valence-electron chi connectivity index (χ1n) is 14.8.